The SMILES string of the molecule is Cc1oc(-c2ccco2)nc1CC(=O)N1CCC(C)(C(=O)O)C1. The van der Waals surface area contributed by atoms with Gasteiger partial charge in [-0.2, -0.15) is 0 Å². The minimum atomic E-state index is -0.870. The van der Waals surface area contributed by atoms with Crippen LogP contribution in [0.5, 0.6) is 0 Å². The molecule has 0 aromatic carbocycles. The third-order valence-electron chi connectivity index (χ3n) is 4.29. The second-order valence-electron chi connectivity index (χ2n) is 6.11. The fraction of sp³-hybridized carbons (Fsp3) is 0.438. The molecule has 7 nitrogen and oxygen atoms in total. The first-order valence-corrected chi connectivity index (χ1v) is 7.40. The van der Waals surface area contributed by atoms with Crippen LogP contribution in [0.15, 0.2) is 27.2 Å². The summed E-state index contributed by atoms with van der Waals surface area (Å²) in [6.07, 6.45) is 2.08. The van der Waals surface area contributed by atoms with Crippen molar-refractivity contribution in [1.29, 1.82) is 0 Å². The van der Waals surface area contributed by atoms with E-state index in [9.17, 15) is 14.7 Å². The molecule has 1 aliphatic heterocycles. The highest BCUT2D eigenvalue weighted by Gasteiger charge is 2.42. The number of likely N-dealkylation sites (tertiary alicyclic amines) is 1. The van der Waals surface area contributed by atoms with E-state index < -0.39 is 11.4 Å². The summed E-state index contributed by atoms with van der Waals surface area (Å²) in [6, 6.07) is 3.46. The molecule has 3 rings (SSSR count). The highest BCUT2D eigenvalue weighted by atomic mass is 16.4. The Bertz CT molecular complexity index is 734. The van der Waals surface area contributed by atoms with Gasteiger partial charge in [-0.05, 0) is 32.4 Å². The van der Waals surface area contributed by atoms with E-state index in [4.69, 9.17) is 8.83 Å². The second kappa shape index (κ2) is 5.57. The van der Waals surface area contributed by atoms with Gasteiger partial charge >= 0.3 is 5.97 Å². The Morgan fingerprint density at radius 2 is 2.26 bits per heavy atom. The number of aliphatic carboxylic acids is 1. The molecule has 1 N–H and O–H groups in total. The van der Waals surface area contributed by atoms with Gasteiger partial charge in [0.1, 0.15) is 5.76 Å². The Balaban J connectivity index is 1.71. The zero-order valence-electron chi connectivity index (χ0n) is 13.0. The molecular formula is C16H18N2O5. The molecule has 23 heavy (non-hydrogen) atoms. The van der Waals surface area contributed by atoms with Gasteiger partial charge in [-0.1, -0.05) is 0 Å². The van der Waals surface area contributed by atoms with Gasteiger partial charge in [-0.3, -0.25) is 9.59 Å². The van der Waals surface area contributed by atoms with Crippen molar-refractivity contribution in [2.75, 3.05) is 13.1 Å². The van der Waals surface area contributed by atoms with Gasteiger partial charge in [-0.15, -0.1) is 0 Å². The molecule has 7 heteroatoms. The average molecular weight is 318 g/mol. The number of hydrogen-bond acceptors (Lipinski definition) is 5. The maximum Gasteiger partial charge on any atom is 0.311 e. The van der Waals surface area contributed by atoms with Crippen LogP contribution in [0.4, 0.5) is 0 Å². The molecule has 0 aliphatic carbocycles. The van der Waals surface area contributed by atoms with Gasteiger partial charge in [0.05, 0.1) is 23.8 Å². The number of amides is 1. The number of carboxylic acid groups (broad SMARTS) is 1. The standard InChI is InChI=1S/C16H18N2O5/c1-10-11(17-14(23-10)12-4-3-7-22-12)8-13(19)18-6-5-16(2,9-18)15(20)21/h3-4,7H,5-6,8-9H2,1-2H3,(H,20,21). The smallest absolute Gasteiger partial charge is 0.311 e. The number of oxazole rings is 1. The lowest BCUT2D eigenvalue weighted by Gasteiger charge is -2.19. The predicted octanol–water partition coefficient (Wildman–Crippen LogP) is 2.11. The minimum Gasteiger partial charge on any atom is -0.481 e. The normalized spacial score (nSPS) is 20.9. The molecule has 1 atom stereocenters. The van der Waals surface area contributed by atoms with Crippen LogP contribution in [0.3, 0.4) is 0 Å². The minimum absolute atomic E-state index is 0.0890. The molecule has 1 amide bonds. The van der Waals surface area contributed by atoms with Gasteiger partial charge in [0.2, 0.25) is 5.91 Å². The van der Waals surface area contributed by atoms with E-state index in [1.807, 2.05) is 0 Å². The molecule has 122 valence electrons. The third-order valence-corrected chi connectivity index (χ3v) is 4.29. The van der Waals surface area contributed by atoms with Crippen molar-refractivity contribution in [3.63, 3.8) is 0 Å². The molecule has 1 unspecified atom stereocenters. The number of rotatable bonds is 4. The first kappa shape index (κ1) is 15.3. The van der Waals surface area contributed by atoms with Crippen molar-refractivity contribution >= 4 is 11.9 Å². The zero-order chi connectivity index (χ0) is 16.6. The summed E-state index contributed by atoms with van der Waals surface area (Å²) in [5, 5.41) is 9.24. The van der Waals surface area contributed by atoms with Gasteiger partial charge in [0.15, 0.2) is 5.76 Å². The van der Waals surface area contributed by atoms with E-state index in [1.165, 1.54) is 6.26 Å². The van der Waals surface area contributed by atoms with E-state index >= 15 is 0 Å². The quantitative estimate of drug-likeness (QED) is 0.927. The molecule has 2 aromatic heterocycles. The average Bonchev–Trinajstić information content (AvgIpc) is 3.20. The summed E-state index contributed by atoms with van der Waals surface area (Å²) in [5.74, 6) is 0.395. The Morgan fingerprint density at radius 1 is 1.48 bits per heavy atom. The number of carbonyl (C=O) groups excluding carboxylic acids is 1. The number of furan rings is 1. The Hall–Kier alpha value is -2.57. The summed E-state index contributed by atoms with van der Waals surface area (Å²) in [6.45, 7) is 4.08. The van der Waals surface area contributed by atoms with E-state index in [-0.39, 0.29) is 18.9 Å². The van der Waals surface area contributed by atoms with Crippen LogP contribution >= 0.6 is 0 Å². The Labute approximate surface area is 132 Å². The van der Waals surface area contributed by atoms with E-state index in [2.05, 4.69) is 4.98 Å². The fourth-order valence-corrected chi connectivity index (χ4v) is 2.70. The number of hydrogen-bond donors (Lipinski definition) is 1. The molecule has 2 aromatic rings. The number of carbonyl (C=O) groups is 2. The summed E-state index contributed by atoms with van der Waals surface area (Å²) in [5.41, 5.74) is -0.321. The molecule has 1 aliphatic rings. The maximum absolute atomic E-state index is 12.4. The van der Waals surface area contributed by atoms with Crippen molar-refractivity contribution in [2.45, 2.75) is 26.7 Å². The lowest BCUT2D eigenvalue weighted by molar-refractivity contribution is -0.147. The van der Waals surface area contributed by atoms with Crippen LogP contribution in [0.25, 0.3) is 11.7 Å². The molecule has 1 fully saturated rings. The number of aryl methyl sites for hydroxylation is 1. The summed E-state index contributed by atoms with van der Waals surface area (Å²) < 4.78 is 10.8. The van der Waals surface area contributed by atoms with Crippen LogP contribution in [0.2, 0.25) is 0 Å². The predicted molar refractivity (Wildman–Crippen MR) is 79.6 cm³/mol. The van der Waals surface area contributed by atoms with E-state index in [1.54, 1.807) is 30.9 Å². The van der Waals surface area contributed by atoms with Crippen molar-refractivity contribution in [3.8, 4) is 11.7 Å². The van der Waals surface area contributed by atoms with Crippen molar-refractivity contribution in [1.82, 2.24) is 9.88 Å². The highest BCUT2D eigenvalue weighted by molar-refractivity contribution is 5.81. The summed E-state index contributed by atoms with van der Waals surface area (Å²) >= 11 is 0. The molecule has 0 saturated carbocycles. The van der Waals surface area contributed by atoms with E-state index in [0.717, 1.165) is 0 Å². The van der Waals surface area contributed by atoms with Gasteiger partial charge in [-0.25, -0.2) is 4.98 Å². The molecule has 0 radical (unpaired) electrons. The van der Waals surface area contributed by atoms with Crippen molar-refractivity contribution in [3.05, 3.63) is 29.9 Å². The number of aromatic nitrogens is 1. The lowest BCUT2D eigenvalue weighted by Crippen LogP contribution is -2.35. The van der Waals surface area contributed by atoms with Gasteiger partial charge < -0.3 is 18.8 Å². The monoisotopic (exact) mass is 318 g/mol. The fourth-order valence-electron chi connectivity index (χ4n) is 2.70. The van der Waals surface area contributed by atoms with Crippen LogP contribution in [0, 0.1) is 12.3 Å². The zero-order valence-corrected chi connectivity index (χ0v) is 13.0. The lowest BCUT2D eigenvalue weighted by atomic mass is 9.90. The van der Waals surface area contributed by atoms with Crippen LogP contribution in [-0.4, -0.2) is 40.0 Å². The molecule has 0 bridgehead atoms. The highest BCUT2D eigenvalue weighted by Crippen LogP contribution is 2.31. The van der Waals surface area contributed by atoms with Crippen LogP contribution in [0.1, 0.15) is 24.8 Å². The molecule has 0 spiro atoms. The summed E-state index contributed by atoms with van der Waals surface area (Å²) in [7, 11) is 0. The van der Waals surface area contributed by atoms with Crippen molar-refractivity contribution < 1.29 is 23.5 Å². The third kappa shape index (κ3) is 2.86. The Morgan fingerprint density at radius 3 is 2.87 bits per heavy atom. The maximum atomic E-state index is 12.4. The molecule has 1 saturated heterocycles. The van der Waals surface area contributed by atoms with Crippen LogP contribution < -0.4 is 0 Å². The van der Waals surface area contributed by atoms with Crippen LogP contribution in [-0.2, 0) is 16.0 Å². The second-order valence-corrected chi connectivity index (χ2v) is 6.11. The topological polar surface area (TPSA) is 96.8 Å². The Kier molecular flexibility index (Phi) is 3.71. The summed E-state index contributed by atoms with van der Waals surface area (Å²) in [4.78, 5) is 29.6. The van der Waals surface area contributed by atoms with E-state index in [0.29, 0.717) is 36.1 Å². The van der Waals surface area contributed by atoms with Gasteiger partial charge in [0.25, 0.3) is 5.89 Å². The first-order valence-electron chi connectivity index (χ1n) is 7.40. The first-order chi connectivity index (χ1) is 10.9. The number of carboxylic acids is 1. The molecular weight excluding hydrogens is 300 g/mol. The molecule has 3 heterocycles. The largest absolute Gasteiger partial charge is 0.481 e. The van der Waals surface area contributed by atoms with Gasteiger partial charge in [0, 0.05) is 13.1 Å². The van der Waals surface area contributed by atoms with Crippen molar-refractivity contribution in [2.24, 2.45) is 5.41 Å². The number of nitrogens with zero attached hydrogens (tertiary/aromatic N) is 2.